The van der Waals surface area contributed by atoms with Gasteiger partial charge in [-0.05, 0) is 108 Å². The number of carboxylic acid groups (broad SMARTS) is 1. The molecule has 0 amide bonds. The standard InChI is InChI=1S/C26H18I2O4/c1-12(2)11-32-26(31)18-6-4-14-15-7-9-19(27)23-17(25(29)30)5-3-13(21(15)23)16-8-10-20(28)24(18)22(14)16/h3-10,12H,11H2,1-2H3,(H,29,30). The van der Waals surface area contributed by atoms with Gasteiger partial charge in [-0.2, -0.15) is 0 Å². The molecule has 4 nitrogen and oxygen atoms in total. The third-order valence-corrected chi connectivity index (χ3v) is 7.60. The van der Waals surface area contributed by atoms with Crippen LogP contribution in [0.4, 0.5) is 0 Å². The maximum atomic E-state index is 13.0. The summed E-state index contributed by atoms with van der Waals surface area (Å²) in [4.78, 5) is 24.9. The van der Waals surface area contributed by atoms with Crippen molar-refractivity contribution in [2.75, 3.05) is 6.61 Å². The maximum Gasteiger partial charge on any atom is 0.338 e. The van der Waals surface area contributed by atoms with Gasteiger partial charge in [-0.1, -0.05) is 38.1 Å². The van der Waals surface area contributed by atoms with E-state index in [0.717, 1.165) is 50.2 Å². The fourth-order valence-electron chi connectivity index (χ4n) is 4.47. The maximum absolute atomic E-state index is 13.0. The second-order valence-corrected chi connectivity index (χ2v) is 10.6. The van der Waals surface area contributed by atoms with Gasteiger partial charge in [0.2, 0.25) is 0 Å². The van der Waals surface area contributed by atoms with Gasteiger partial charge in [0.05, 0.1) is 17.7 Å². The van der Waals surface area contributed by atoms with Crippen LogP contribution in [0, 0.1) is 13.1 Å². The fourth-order valence-corrected chi connectivity index (χ4v) is 5.95. The van der Waals surface area contributed by atoms with E-state index in [-0.39, 0.29) is 11.9 Å². The normalized spacial score (nSPS) is 11.9. The highest BCUT2D eigenvalue weighted by Gasteiger charge is 2.22. The van der Waals surface area contributed by atoms with Gasteiger partial charge in [0.25, 0.3) is 0 Å². The van der Waals surface area contributed by atoms with Crippen molar-refractivity contribution >= 4 is 100 Å². The molecule has 32 heavy (non-hydrogen) atoms. The lowest BCUT2D eigenvalue weighted by atomic mass is 9.87. The number of hydrogen-bond acceptors (Lipinski definition) is 3. The van der Waals surface area contributed by atoms with Gasteiger partial charge in [-0.15, -0.1) is 0 Å². The van der Waals surface area contributed by atoms with Crippen molar-refractivity contribution in [2.45, 2.75) is 13.8 Å². The summed E-state index contributed by atoms with van der Waals surface area (Å²) in [5.74, 6) is -0.998. The smallest absolute Gasteiger partial charge is 0.338 e. The summed E-state index contributed by atoms with van der Waals surface area (Å²) in [6.45, 7) is 4.40. The van der Waals surface area contributed by atoms with Gasteiger partial charge in [0.1, 0.15) is 0 Å². The number of fused-ring (bicyclic) bond motifs is 2. The monoisotopic (exact) mass is 648 g/mol. The Bertz CT molecular complexity index is 1550. The first kappa shape index (κ1) is 21.6. The molecule has 5 rings (SSSR count). The second kappa shape index (κ2) is 7.98. The van der Waals surface area contributed by atoms with Crippen molar-refractivity contribution in [3.05, 3.63) is 66.8 Å². The van der Waals surface area contributed by atoms with E-state index in [0.29, 0.717) is 17.7 Å². The van der Waals surface area contributed by atoms with E-state index in [2.05, 4.69) is 51.2 Å². The number of ether oxygens (including phenoxy) is 1. The van der Waals surface area contributed by atoms with Crippen molar-refractivity contribution in [1.29, 1.82) is 0 Å². The molecular weight excluding hydrogens is 630 g/mol. The topological polar surface area (TPSA) is 63.6 Å². The van der Waals surface area contributed by atoms with Crippen molar-refractivity contribution in [3.8, 4) is 0 Å². The lowest BCUT2D eigenvalue weighted by Gasteiger charge is -2.18. The Morgan fingerprint density at radius 3 is 1.66 bits per heavy atom. The Labute approximate surface area is 211 Å². The molecule has 0 saturated heterocycles. The molecular formula is C26H18I2O4. The van der Waals surface area contributed by atoms with Crippen LogP contribution >= 0.6 is 45.2 Å². The summed E-state index contributed by atoms with van der Waals surface area (Å²) in [7, 11) is 0. The number of esters is 1. The largest absolute Gasteiger partial charge is 0.478 e. The SMILES string of the molecule is CC(C)COC(=O)c1ccc2c3ccc(I)c4c(C(=O)O)ccc(c5ccc(I)c1c52)c43. The number of benzene rings is 5. The highest BCUT2D eigenvalue weighted by molar-refractivity contribution is 14.1. The highest BCUT2D eigenvalue weighted by atomic mass is 127. The average molecular weight is 648 g/mol. The number of rotatable bonds is 4. The first-order chi connectivity index (χ1) is 15.3. The summed E-state index contributed by atoms with van der Waals surface area (Å²) in [6, 6.07) is 15.5. The van der Waals surface area contributed by atoms with Crippen LogP contribution in [-0.2, 0) is 4.74 Å². The Kier molecular flexibility index (Phi) is 5.40. The van der Waals surface area contributed by atoms with Crippen LogP contribution in [0.2, 0.25) is 0 Å². The summed E-state index contributed by atoms with van der Waals surface area (Å²) in [5, 5.41) is 17.4. The molecule has 0 aromatic heterocycles. The van der Waals surface area contributed by atoms with E-state index >= 15 is 0 Å². The van der Waals surface area contributed by atoms with Crippen LogP contribution in [0.5, 0.6) is 0 Å². The number of carbonyl (C=O) groups excluding carboxylic acids is 1. The summed E-state index contributed by atoms with van der Waals surface area (Å²) >= 11 is 4.48. The van der Waals surface area contributed by atoms with Crippen LogP contribution in [0.25, 0.3) is 43.1 Å². The predicted molar refractivity (Wildman–Crippen MR) is 145 cm³/mol. The minimum atomic E-state index is -0.937. The first-order valence-corrected chi connectivity index (χ1v) is 12.4. The molecule has 0 heterocycles. The molecule has 1 N–H and O–H groups in total. The molecule has 0 bridgehead atoms. The average Bonchev–Trinajstić information content (AvgIpc) is 2.77. The van der Waals surface area contributed by atoms with E-state index in [1.54, 1.807) is 6.07 Å². The summed E-state index contributed by atoms with van der Waals surface area (Å²) in [6.07, 6.45) is 0. The lowest BCUT2D eigenvalue weighted by Crippen LogP contribution is -2.11. The summed E-state index contributed by atoms with van der Waals surface area (Å²) in [5.41, 5.74) is 0.858. The summed E-state index contributed by atoms with van der Waals surface area (Å²) < 4.78 is 7.44. The van der Waals surface area contributed by atoms with E-state index < -0.39 is 5.97 Å². The lowest BCUT2D eigenvalue weighted by molar-refractivity contribution is 0.0461. The quantitative estimate of drug-likeness (QED) is 0.0952. The van der Waals surface area contributed by atoms with Crippen LogP contribution in [0.3, 0.4) is 0 Å². The first-order valence-electron chi connectivity index (χ1n) is 10.2. The van der Waals surface area contributed by atoms with Crippen molar-refractivity contribution < 1.29 is 19.4 Å². The highest BCUT2D eigenvalue weighted by Crippen LogP contribution is 2.44. The second-order valence-electron chi connectivity index (χ2n) is 8.31. The predicted octanol–water partition coefficient (Wildman–Crippen LogP) is 7.46. The molecule has 0 fully saturated rings. The number of halogens is 2. The van der Waals surface area contributed by atoms with E-state index in [1.807, 2.05) is 50.2 Å². The van der Waals surface area contributed by atoms with Gasteiger partial charge < -0.3 is 9.84 Å². The molecule has 5 aromatic carbocycles. The van der Waals surface area contributed by atoms with Gasteiger partial charge in [0.15, 0.2) is 0 Å². The third-order valence-electron chi connectivity index (χ3n) is 5.80. The van der Waals surface area contributed by atoms with Crippen LogP contribution in [0.1, 0.15) is 34.6 Å². The Balaban J connectivity index is 1.95. The Morgan fingerprint density at radius 1 is 0.750 bits per heavy atom. The Morgan fingerprint density at radius 2 is 1.19 bits per heavy atom. The molecule has 0 spiro atoms. The Hall–Kier alpha value is -2.20. The van der Waals surface area contributed by atoms with Crippen LogP contribution in [0.15, 0.2) is 48.5 Å². The molecule has 0 aliphatic heterocycles. The minimum absolute atomic E-state index is 0.258. The number of hydrogen-bond donors (Lipinski definition) is 1. The third kappa shape index (κ3) is 3.22. The van der Waals surface area contributed by atoms with Gasteiger partial charge in [-0.3, -0.25) is 0 Å². The van der Waals surface area contributed by atoms with E-state index in [1.165, 1.54) is 0 Å². The number of aromatic carboxylic acids is 1. The molecule has 0 radical (unpaired) electrons. The molecule has 0 saturated carbocycles. The van der Waals surface area contributed by atoms with Crippen LogP contribution in [-0.4, -0.2) is 23.7 Å². The number of carbonyl (C=O) groups is 2. The van der Waals surface area contributed by atoms with Crippen molar-refractivity contribution in [3.63, 3.8) is 0 Å². The zero-order chi connectivity index (χ0) is 22.7. The van der Waals surface area contributed by atoms with Crippen molar-refractivity contribution in [2.24, 2.45) is 5.92 Å². The molecule has 6 heteroatoms. The minimum Gasteiger partial charge on any atom is -0.478 e. The van der Waals surface area contributed by atoms with Crippen LogP contribution < -0.4 is 0 Å². The zero-order valence-corrected chi connectivity index (χ0v) is 21.6. The van der Waals surface area contributed by atoms with Gasteiger partial charge >= 0.3 is 11.9 Å². The molecule has 0 aliphatic carbocycles. The van der Waals surface area contributed by atoms with E-state index in [4.69, 9.17) is 4.74 Å². The molecule has 5 aromatic rings. The molecule has 0 atom stereocenters. The number of carboxylic acids is 1. The molecule has 0 aliphatic rings. The van der Waals surface area contributed by atoms with Crippen molar-refractivity contribution in [1.82, 2.24) is 0 Å². The zero-order valence-electron chi connectivity index (χ0n) is 17.3. The van der Waals surface area contributed by atoms with E-state index in [9.17, 15) is 14.7 Å². The fraction of sp³-hybridized carbons (Fsp3) is 0.154. The molecule has 160 valence electrons. The molecule has 0 unspecified atom stereocenters. The van der Waals surface area contributed by atoms with Gasteiger partial charge in [0, 0.05) is 17.9 Å². The van der Waals surface area contributed by atoms with Gasteiger partial charge in [-0.25, -0.2) is 9.59 Å².